The first-order chi connectivity index (χ1) is 10.1. The summed E-state index contributed by atoms with van der Waals surface area (Å²) in [5.74, 6) is 0.547. The SMILES string of the molecule is Cc1ccccc1C(C)NC(=O)COc1ccc(Br)cc1. The molecule has 0 aliphatic heterocycles. The lowest BCUT2D eigenvalue weighted by atomic mass is 10.0. The second-order valence-corrected chi connectivity index (χ2v) is 5.80. The summed E-state index contributed by atoms with van der Waals surface area (Å²) in [4.78, 5) is 11.9. The molecule has 2 aromatic rings. The van der Waals surface area contributed by atoms with Crippen LogP contribution in [0.15, 0.2) is 53.0 Å². The number of amides is 1. The minimum absolute atomic E-state index is 0.0118. The number of hydrogen-bond acceptors (Lipinski definition) is 2. The Morgan fingerprint density at radius 1 is 1.19 bits per heavy atom. The average molecular weight is 348 g/mol. The van der Waals surface area contributed by atoms with Crippen molar-refractivity contribution in [1.29, 1.82) is 0 Å². The lowest BCUT2D eigenvalue weighted by Gasteiger charge is -2.16. The Kier molecular flexibility index (Phi) is 5.39. The van der Waals surface area contributed by atoms with Crippen molar-refractivity contribution in [3.05, 3.63) is 64.1 Å². The normalized spacial score (nSPS) is 11.8. The number of rotatable bonds is 5. The fraction of sp³-hybridized carbons (Fsp3) is 0.235. The van der Waals surface area contributed by atoms with Crippen LogP contribution in [0.5, 0.6) is 5.75 Å². The highest BCUT2D eigenvalue weighted by Crippen LogP contribution is 2.17. The third kappa shape index (κ3) is 4.60. The van der Waals surface area contributed by atoms with Crippen molar-refractivity contribution < 1.29 is 9.53 Å². The van der Waals surface area contributed by atoms with Crippen molar-refractivity contribution in [2.75, 3.05) is 6.61 Å². The lowest BCUT2D eigenvalue weighted by molar-refractivity contribution is -0.123. The summed E-state index contributed by atoms with van der Waals surface area (Å²) in [7, 11) is 0. The molecule has 21 heavy (non-hydrogen) atoms. The van der Waals surface area contributed by atoms with Gasteiger partial charge in [-0.25, -0.2) is 0 Å². The van der Waals surface area contributed by atoms with Crippen LogP contribution in [0.2, 0.25) is 0 Å². The van der Waals surface area contributed by atoms with Crippen molar-refractivity contribution in [3.63, 3.8) is 0 Å². The zero-order valence-corrected chi connectivity index (χ0v) is 13.7. The number of carbonyl (C=O) groups excluding carboxylic acids is 1. The molecular weight excluding hydrogens is 330 g/mol. The van der Waals surface area contributed by atoms with Crippen LogP contribution < -0.4 is 10.1 Å². The first kappa shape index (κ1) is 15.6. The maximum absolute atomic E-state index is 11.9. The highest BCUT2D eigenvalue weighted by molar-refractivity contribution is 9.10. The predicted octanol–water partition coefficient (Wildman–Crippen LogP) is 4.01. The molecule has 3 nitrogen and oxygen atoms in total. The molecule has 1 atom stereocenters. The molecule has 0 radical (unpaired) electrons. The quantitative estimate of drug-likeness (QED) is 0.887. The van der Waals surface area contributed by atoms with Gasteiger partial charge in [-0.2, -0.15) is 0 Å². The van der Waals surface area contributed by atoms with Crippen LogP contribution in [0.1, 0.15) is 24.1 Å². The van der Waals surface area contributed by atoms with Gasteiger partial charge < -0.3 is 10.1 Å². The minimum atomic E-state index is -0.131. The fourth-order valence-electron chi connectivity index (χ4n) is 2.11. The zero-order valence-electron chi connectivity index (χ0n) is 12.1. The number of ether oxygens (including phenoxy) is 1. The molecule has 2 rings (SSSR count). The lowest BCUT2D eigenvalue weighted by Crippen LogP contribution is -2.31. The van der Waals surface area contributed by atoms with Crippen LogP contribution in [0.4, 0.5) is 0 Å². The molecule has 0 spiro atoms. The van der Waals surface area contributed by atoms with Gasteiger partial charge in [0.15, 0.2) is 6.61 Å². The molecule has 110 valence electrons. The Balaban J connectivity index is 1.87. The van der Waals surface area contributed by atoms with Crippen LogP contribution in [0.25, 0.3) is 0 Å². The fourth-order valence-corrected chi connectivity index (χ4v) is 2.38. The maximum atomic E-state index is 11.9. The molecule has 0 aliphatic rings. The Morgan fingerprint density at radius 2 is 1.86 bits per heavy atom. The third-order valence-electron chi connectivity index (χ3n) is 3.22. The number of halogens is 1. The second kappa shape index (κ2) is 7.27. The summed E-state index contributed by atoms with van der Waals surface area (Å²) in [5.41, 5.74) is 2.29. The zero-order chi connectivity index (χ0) is 15.2. The standard InChI is InChI=1S/C17H18BrNO2/c1-12-5-3-4-6-16(12)13(2)19-17(20)11-21-15-9-7-14(18)8-10-15/h3-10,13H,11H2,1-2H3,(H,19,20). The average Bonchev–Trinajstić information content (AvgIpc) is 2.47. The molecular formula is C17H18BrNO2. The summed E-state index contributed by atoms with van der Waals surface area (Å²) in [5, 5.41) is 2.95. The summed E-state index contributed by atoms with van der Waals surface area (Å²) in [6.07, 6.45) is 0. The molecule has 2 aromatic carbocycles. The first-order valence-corrected chi connectivity index (χ1v) is 7.59. The van der Waals surface area contributed by atoms with Gasteiger partial charge in [-0.05, 0) is 49.2 Å². The molecule has 1 amide bonds. The van der Waals surface area contributed by atoms with Gasteiger partial charge in [0, 0.05) is 4.47 Å². The van der Waals surface area contributed by atoms with Crippen molar-refractivity contribution in [2.24, 2.45) is 0 Å². The number of nitrogens with one attached hydrogen (secondary N) is 1. The van der Waals surface area contributed by atoms with Crippen LogP contribution in [-0.4, -0.2) is 12.5 Å². The van der Waals surface area contributed by atoms with Gasteiger partial charge >= 0.3 is 0 Å². The van der Waals surface area contributed by atoms with Crippen molar-refractivity contribution in [3.8, 4) is 5.75 Å². The number of carbonyl (C=O) groups is 1. The van der Waals surface area contributed by atoms with Crippen LogP contribution >= 0.6 is 15.9 Å². The van der Waals surface area contributed by atoms with E-state index < -0.39 is 0 Å². The summed E-state index contributed by atoms with van der Waals surface area (Å²) in [6.45, 7) is 4.02. The van der Waals surface area contributed by atoms with Gasteiger partial charge in [-0.15, -0.1) is 0 Å². The van der Waals surface area contributed by atoms with Crippen LogP contribution in [-0.2, 0) is 4.79 Å². The van der Waals surface area contributed by atoms with Crippen molar-refractivity contribution >= 4 is 21.8 Å². The number of aryl methyl sites for hydroxylation is 1. The molecule has 0 saturated carbocycles. The molecule has 0 fully saturated rings. The van der Waals surface area contributed by atoms with E-state index in [2.05, 4.69) is 21.2 Å². The van der Waals surface area contributed by atoms with E-state index in [1.807, 2.05) is 62.4 Å². The van der Waals surface area contributed by atoms with Gasteiger partial charge in [-0.3, -0.25) is 4.79 Å². The van der Waals surface area contributed by atoms with Crippen LogP contribution in [0, 0.1) is 6.92 Å². The largest absolute Gasteiger partial charge is 0.484 e. The number of hydrogen-bond donors (Lipinski definition) is 1. The second-order valence-electron chi connectivity index (χ2n) is 4.89. The Morgan fingerprint density at radius 3 is 2.52 bits per heavy atom. The third-order valence-corrected chi connectivity index (χ3v) is 3.74. The monoisotopic (exact) mass is 347 g/mol. The highest BCUT2D eigenvalue weighted by atomic mass is 79.9. The van der Waals surface area contributed by atoms with E-state index in [0.717, 1.165) is 10.0 Å². The van der Waals surface area contributed by atoms with E-state index >= 15 is 0 Å². The predicted molar refractivity (Wildman–Crippen MR) is 87.4 cm³/mol. The molecule has 4 heteroatoms. The molecule has 1 N–H and O–H groups in total. The molecule has 0 aliphatic carbocycles. The Hall–Kier alpha value is -1.81. The van der Waals surface area contributed by atoms with E-state index in [4.69, 9.17) is 4.74 Å². The van der Waals surface area contributed by atoms with Gasteiger partial charge in [-0.1, -0.05) is 40.2 Å². The molecule has 0 bridgehead atoms. The summed E-state index contributed by atoms with van der Waals surface area (Å²) in [6, 6.07) is 15.4. The highest BCUT2D eigenvalue weighted by Gasteiger charge is 2.11. The topological polar surface area (TPSA) is 38.3 Å². The van der Waals surface area contributed by atoms with Gasteiger partial charge in [0.05, 0.1) is 6.04 Å². The van der Waals surface area contributed by atoms with E-state index in [1.54, 1.807) is 0 Å². The van der Waals surface area contributed by atoms with Crippen molar-refractivity contribution in [2.45, 2.75) is 19.9 Å². The van der Waals surface area contributed by atoms with Gasteiger partial charge in [0.1, 0.15) is 5.75 Å². The van der Waals surface area contributed by atoms with E-state index in [1.165, 1.54) is 5.56 Å². The van der Waals surface area contributed by atoms with Gasteiger partial charge in [0.25, 0.3) is 5.91 Å². The minimum Gasteiger partial charge on any atom is -0.484 e. The summed E-state index contributed by atoms with van der Waals surface area (Å²) < 4.78 is 6.44. The Labute approximate surface area is 133 Å². The Bertz CT molecular complexity index is 610. The van der Waals surface area contributed by atoms with Crippen molar-refractivity contribution in [1.82, 2.24) is 5.32 Å². The molecule has 0 heterocycles. The summed E-state index contributed by atoms with van der Waals surface area (Å²) >= 11 is 3.36. The first-order valence-electron chi connectivity index (χ1n) is 6.79. The molecule has 0 saturated heterocycles. The van der Waals surface area contributed by atoms with E-state index in [9.17, 15) is 4.79 Å². The van der Waals surface area contributed by atoms with Crippen LogP contribution in [0.3, 0.4) is 0 Å². The smallest absolute Gasteiger partial charge is 0.258 e. The molecule has 1 unspecified atom stereocenters. The van der Waals surface area contributed by atoms with Gasteiger partial charge in [0.2, 0.25) is 0 Å². The number of benzene rings is 2. The molecule has 0 aromatic heterocycles. The van der Waals surface area contributed by atoms with E-state index in [0.29, 0.717) is 5.75 Å². The van der Waals surface area contributed by atoms with E-state index in [-0.39, 0.29) is 18.6 Å². The maximum Gasteiger partial charge on any atom is 0.258 e.